The van der Waals surface area contributed by atoms with Crippen LogP contribution in [0.25, 0.3) is 0 Å². The molecule has 2 nitrogen and oxygen atoms in total. The molecule has 0 saturated heterocycles. The molecule has 0 heterocycles. The lowest BCUT2D eigenvalue weighted by atomic mass is 10.1. The summed E-state index contributed by atoms with van der Waals surface area (Å²) >= 11 is 3.45. The van der Waals surface area contributed by atoms with E-state index in [1.807, 2.05) is 30.3 Å². The Hall–Kier alpha value is -1.32. The number of hydrogen-bond donors (Lipinski definition) is 1. The van der Waals surface area contributed by atoms with Crippen molar-refractivity contribution in [2.75, 3.05) is 0 Å². The maximum absolute atomic E-state index is 9.06. The fraction of sp³-hybridized carbons (Fsp3) is 0.250. The van der Waals surface area contributed by atoms with E-state index in [1.165, 1.54) is 5.56 Å². The first kappa shape index (κ1) is 14.1. The van der Waals surface area contributed by atoms with Crippen molar-refractivity contribution in [2.45, 2.75) is 26.4 Å². The second kappa shape index (κ2) is 6.73. The minimum Gasteiger partial charge on any atom is -0.456 e. The molecule has 0 bridgehead atoms. The molecule has 1 N–H and O–H groups in total. The van der Waals surface area contributed by atoms with Gasteiger partial charge in [0.25, 0.3) is 0 Å². The summed E-state index contributed by atoms with van der Waals surface area (Å²) in [7, 11) is 0. The molecule has 0 spiro atoms. The van der Waals surface area contributed by atoms with E-state index in [-0.39, 0.29) is 6.61 Å². The van der Waals surface area contributed by atoms with Gasteiger partial charge in [0, 0.05) is 0 Å². The summed E-state index contributed by atoms with van der Waals surface area (Å²) < 4.78 is 6.66. The van der Waals surface area contributed by atoms with E-state index in [2.05, 4.69) is 35.0 Å². The number of benzene rings is 2. The van der Waals surface area contributed by atoms with Crippen molar-refractivity contribution in [3.8, 4) is 11.5 Å². The summed E-state index contributed by atoms with van der Waals surface area (Å²) in [5, 5.41) is 9.06. The van der Waals surface area contributed by atoms with Crippen molar-refractivity contribution < 1.29 is 9.84 Å². The topological polar surface area (TPSA) is 29.5 Å². The van der Waals surface area contributed by atoms with Gasteiger partial charge in [0.1, 0.15) is 11.5 Å². The van der Waals surface area contributed by atoms with E-state index >= 15 is 0 Å². The van der Waals surface area contributed by atoms with Crippen LogP contribution >= 0.6 is 15.9 Å². The Bertz CT molecular complexity index is 535. The Kier molecular flexibility index (Phi) is 5.00. The molecule has 0 fully saturated rings. The predicted octanol–water partition coefficient (Wildman–Crippen LogP) is 4.69. The fourth-order valence-electron chi connectivity index (χ4n) is 1.87. The number of aryl methyl sites for hydroxylation is 1. The lowest BCUT2D eigenvalue weighted by Gasteiger charge is -2.09. The van der Waals surface area contributed by atoms with Crippen LogP contribution in [0.2, 0.25) is 0 Å². The first-order valence-corrected chi connectivity index (χ1v) is 7.18. The molecule has 19 heavy (non-hydrogen) atoms. The highest BCUT2D eigenvalue weighted by Crippen LogP contribution is 2.30. The lowest BCUT2D eigenvalue weighted by Crippen LogP contribution is -1.89. The smallest absolute Gasteiger partial charge is 0.141 e. The van der Waals surface area contributed by atoms with Gasteiger partial charge in [-0.25, -0.2) is 0 Å². The second-order valence-corrected chi connectivity index (χ2v) is 5.27. The molecule has 0 aliphatic heterocycles. The van der Waals surface area contributed by atoms with Crippen molar-refractivity contribution in [3.63, 3.8) is 0 Å². The van der Waals surface area contributed by atoms with Gasteiger partial charge in [-0.15, -0.1) is 0 Å². The minimum atomic E-state index is 0.0323. The number of hydrogen-bond acceptors (Lipinski definition) is 2. The Morgan fingerprint density at radius 3 is 2.32 bits per heavy atom. The first-order chi connectivity index (χ1) is 9.22. The molecule has 2 aromatic rings. The molecule has 100 valence electrons. The molecule has 0 aliphatic carbocycles. The first-order valence-electron chi connectivity index (χ1n) is 6.39. The van der Waals surface area contributed by atoms with Gasteiger partial charge >= 0.3 is 0 Å². The molecule has 3 heteroatoms. The van der Waals surface area contributed by atoms with Gasteiger partial charge in [-0.3, -0.25) is 0 Å². The van der Waals surface area contributed by atoms with E-state index in [9.17, 15) is 0 Å². The maximum Gasteiger partial charge on any atom is 0.141 e. The largest absolute Gasteiger partial charge is 0.456 e. The van der Waals surface area contributed by atoms with Gasteiger partial charge in [0.2, 0.25) is 0 Å². The molecule has 0 saturated carbocycles. The molecule has 0 radical (unpaired) electrons. The van der Waals surface area contributed by atoms with Crippen molar-refractivity contribution in [3.05, 3.63) is 58.1 Å². The van der Waals surface area contributed by atoms with Gasteiger partial charge in [-0.05, 0) is 57.7 Å². The molecule has 0 amide bonds. The normalized spacial score (nSPS) is 10.5. The number of aliphatic hydroxyl groups is 1. The number of ether oxygens (including phenoxy) is 1. The van der Waals surface area contributed by atoms with Gasteiger partial charge in [0.05, 0.1) is 11.1 Å². The van der Waals surface area contributed by atoms with Crippen LogP contribution in [0.4, 0.5) is 0 Å². The summed E-state index contributed by atoms with van der Waals surface area (Å²) in [6.07, 6.45) is 2.24. The van der Waals surface area contributed by atoms with Crippen LogP contribution in [-0.4, -0.2) is 5.11 Å². The second-order valence-electron chi connectivity index (χ2n) is 4.42. The SMILES string of the molecule is CCCc1ccc(Oc2ccc(CO)cc2Br)cc1. The van der Waals surface area contributed by atoms with Crippen LogP contribution in [0.5, 0.6) is 11.5 Å². The van der Waals surface area contributed by atoms with E-state index in [1.54, 1.807) is 0 Å². The summed E-state index contributed by atoms with van der Waals surface area (Å²) in [5.41, 5.74) is 2.18. The molecule has 0 aromatic heterocycles. The zero-order valence-corrected chi connectivity index (χ0v) is 12.5. The average Bonchev–Trinajstić information content (AvgIpc) is 2.43. The Balaban J connectivity index is 2.12. The van der Waals surface area contributed by atoms with E-state index in [0.717, 1.165) is 34.4 Å². The van der Waals surface area contributed by atoms with Crippen molar-refractivity contribution in [2.24, 2.45) is 0 Å². The molecule has 0 atom stereocenters. The molecule has 2 rings (SSSR count). The van der Waals surface area contributed by atoms with Crippen LogP contribution in [0.1, 0.15) is 24.5 Å². The predicted molar refractivity (Wildman–Crippen MR) is 80.6 cm³/mol. The summed E-state index contributed by atoms with van der Waals surface area (Å²) in [5.74, 6) is 1.57. The van der Waals surface area contributed by atoms with E-state index in [4.69, 9.17) is 9.84 Å². The monoisotopic (exact) mass is 320 g/mol. The summed E-state index contributed by atoms with van der Waals surface area (Å²) in [6.45, 7) is 2.20. The van der Waals surface area contributed by atoms with E-state index < -0.39 is 0 Å². The highest BCUT2D eigenvalue weighted by Gasteiger charge is 2.04. The maximum atomic E-state index is 9.06. The Morgan fingerprint density at radius 1 is 1.05 bits per heavy atom. The number of aliphatic hydroxyl groups excluding tert-OH is 1. The fourth-order valence-corrected chi connectivity index (χ4v) is 2.37. The van der Waals surface area contributed by atoms with Crippen LogP contribution in [0.15, 0.2) is 46.9 Å². The molecule has 0 aliphatic rings. The molecule has 2 aromatic carbocycles. The molecular weight excluding hydrogens is 304 g/mol. The standard InChI is InChI=1S/C16H17BrO2/c1-2-3-12-4-7-14(8-5-12)19-16-9-6-13(11-18)10-15(16)17/h4-10,18H,2-3,11H2,1H3. The van der Waals surface area contributed by atoms with Crippen LogP contribution < -0.4 is 4.74 Å². The van der Waals surface area contributed by atoms with Gasteiger partial charge in [-0.2, -0.15) is 0 Å². The number of halogens is 1. The average molecular weight is 321 g/mol. The van der Waals surface area contributed by atoms with Crippen molar-refractivity contribution in [1.82, 2.24) is 0 Å². The summed E-state index contributed by atoms with van der Waals surface area (Å²) in [6, 6.07) is 13.7. The highest BCUT2D eigenvalue weighted by atomic mass is 79.9. The quantitative estimate of drug-likeness (QED) is 0.866. The zero-order valence-electron chi connectivity index (χ0n) is 10.9. The summed E-state index contributed by atoms with van der Waals surface area (Å²) in [4.78, 5) is 0. The number of rotatable bonds is 5. The lowest BCUT2D eigenvalue weighted by molar-refractivity contribution is 0.281. The third kappa shape index (κ3) is 3.82. The zero-order chi connectivity index (χ0) is 13.7. The van der Waals surface area contributed by atoms with Gasteiger partial charge in [0.15, 0.2) is 0 Å². The Labute approximate surface area is 122 Å². The molecule has 0 unspecified atom stereocenters. The van der Waals surface area contributed by atoms with Crippen LogP contribution in [0.3, 0.4) is 0 Å². The van der Waals surface area contributed by atoms with Gasteiger partial charge < -0.3 is 9.84 Å². The Morgan fingerprint density at radius 2 is 1.74 bits per heavy atom. The third-order valence-electron chi connectivity index (χ3n) is 2.87. The van der Waals surface area contributed by atoms with Gasteiger partial charge in [-0.1, -0.05) is 31.5 Å². The van der Waals surface area contributed by atoms with Crippen LogP contribution in [-0.2, 0) is 13.0 Å². The van der Waals surface area contributed by atoms with Crippen molar-refractivity contribution in [1.29, 1.82) is 0 Å². The molecular formula is C16H17BrO2. The van der Waals surface area contributed by atoms with E-state index in [0.29, 0.717) is 0 Å². The van der Waals surface area contributed by atoms with Crippen molar-refractivity contribution >= 4 is 15.9 Å². The third-order valence-corrected chi connectivity index (χ3v) is 3.49. The minimum absolute atomic E-state index is 0.0323. The highest BCUT2D eigenvalue weighted by molar-refractivity contribution is 9.10. The van der Waals surface area contributed by atoms with Crippen LogP contribution in [0, 0.1) is 0 Å².